The molecule has 2 aliphatic heterocycles. The zero-order valence-electron chi connectivity index (χ0n) is 18.2. The third-order valence-corrected chi connectivity index (χ3v) is 6.45. The van der Waals surface area contributed by atoms with Gasteiger partial charge in [0.25, 0.3) is 0 Å². The Morgan fingerprint density at radius 3 is 2.47 bits per heavy atom. The topological polar surface area (TPSA) is 56.7 Å². The summed E-state index contributed by atoms with van der Waals surface area (Å²) in [5.74, 6) is 0.505. The summed E-state index contributed by atoms with van der Waals surface area (Å²) in [6.45, 7) is 6.94. The van der Waals surface area contributed by atoms with Gasteiger partial charge >= 0.3 is 12.1 Å². The van der Waals surface area contributed by atoms with E-state index in [1.165, 1.54) is 12.1 Å². The summed E-state index contributed by atoms with van der Waals surface area (Å²) in [7, 11) is 0. The molecule has 2 unspecified atom stereocenters. The zero-order chi connectivity index (χ0) is 23.2. The van der Waals surface area contributed by atoms with Crippen molar-refractivity contribution in [3.8, 4) is 0 Å². The van der Waals surface area contributed by atoms with Crippen LogP contribution >= 0.6 is 15.9 Å². The molecule has 2 aromatic carbocycles. The number of aliphatic imine (C=N–C) groups is 1. The maximum atomic E-state index is 13.1. The normalized spacial score (nSPS) is 21.0. The maximum absolute atomic E-state index is 13.1. The van der Waals surface area contributed by atoms with Gasteiger partial charge in [-0.2, -0.15) is 18.6 Å². The number of hydrazine groups is 1. The van der Waals surface area contributed by atoms with E-state index in [-0.39, 0.29) is 12.2 Å². The van der Waals surface area contributed by atoms with E-state index in [0.717, 1.165) is 52.8 Å². The molecule has 0 saturated carbocycles. The number of nitrogens with zero attached hydrogens (tertiary/aromatic N) is 3. The van der Waals surface area contributed by atoms with Gasteiger partial charge in [-0.3, -0.25) is 10.7 Å². The van der Waals surface area contributed by atoms with Crippen LogP contribution in [0.5, 0.6) is 0 Å². The third-order valence-electron chi connectivity index (χ3n) is 5.84. The van der Waals surface area contributed by atoms with E-state index >= 15 is 0 Å². The van der Waals surface area contributed by atoms with E-state index in [1.54, 1.807) is 0 Å². The van der Waals surface area contributed by atoms with E-state index < -0.39 is 11.7 Å². The van der Waals surface area contributed by atoms with Crippen LogP contribution in [0.1, 0.15) is 49.4 Å². The number of guanidine groups is 1. The summed E-state index contributed by atoms with van der Waals surface area (Å²) in [6.07, 6.45) is -2.81. The average molecular weight is 509 g/mol. The summed E-state index contributed by atoms with van der Waals surface area (Å²) >= 11 is 3.73. The lowest BCUT2D eigenvalue weighted by Gasteiger charge is -2.24. The number of nitrogens with two attached hydrogens (primary N) is 1. The number of rotatable bonds is 4. The summed E-state index contributed by atoms with van der Waals surface area (Å²) in [5.41, 5.74) is 13.1. The third kappa shape index (κ3) is 3.92. The molecular formula is C23H26BrF3N5+. The highest BCUT2D eigenvalue weighted by Gasteiger charge is 2.44. The lowest BCUT2D eigenvalue weighted by Crippen LogP contribution is -2.47. The summed E-state index contributed by atoms with van der Waals surface area (Å²) in [6, 6.07) is 9.13. The minimum Gasteiger partial charge on any atom is -0.289 e. The van der Waals surface area contributed by atoms with Crippen molar-refractivity contribution in [2.24, 2.45) is 10.7 Å². The van der Waals surface area contributed by atoms with Crippen molar-refractivity contribution in [2.75, 3.05) is 6.54 Å². The van der Waals surface area contributed by atoms with E-state index in [1.807, 2.05) is 11.5 Å². The first kappa shape index (κ1) is 22.8. The summed E-state index contributed by atoms with van der Waals surface area (Å²) < 4.78 is 42.3. The number of aryl methyl sites for hydroxylation is 1. The SMILES string of the molecule is CCCN1NC(N)=[N+]2c3c(Br)cc(CC)cc3C(c3ccc(C(F)(F)F)cc3)=NC(C)C12. The minimum absolute atomic E-state index is 0.163. The van der Waals surface area contributed by atoms with Gasteiger partial charge in [0, 0.05) is 17.7 Å². The number of hydrogen-bond acceptors (Lipinski definition) is 4. The van der Waals surface area contributed by atoms with Crippen LogP contribution in [0.4, 0.5) is 18.9 Å². The predicted octanol–water partition coefficient (Wildman–Crippen LogP) is 4.78. The van der Waals surface area contributed by atoms with Gasteiger partial charge in [0.05, 0.1) is 21.8 Å². The van der Waals surface area contributed by atoms with E-state index in [0.29, 0.717) is 17.2 Å². The van der Waals surface area contributed by atoms with Crippen molar-refractivity contribution >= 4 is 33.3 Å². The Morgan fingerprint density at radius 2 is 1.88 bits per heavy atom. The number of fused-ring (bicyclic) bond motifs is 3. The van der Waals surface area contributed by atoms with Crippen molar-refractivity contribution in [1.82, 2.24) is 10.4 Å². The van der Waals surface area contributed by atoms with Crippen LogP contribution in [0.15, 0.2) is 45.9 Å². The quantitative estimate of drug-likeness (QED) is 0.584. The number of hydrogen-bond donors (Lipinski definition) is 2. The van der Waals surface area contributed by atoms with Crippen LogP contribution in [0, 0.1) is 0 Å². The Kier molecular flexibility index (Phi) is 6.06. The Morgan fingerprint density at radius 1 is 1.19 bits per heavy atom. The molecule has 2 heterocycles. The van der Waals surface area contributed by atoms with E-state index in [9.17, 15) is 13.2 Å². The van der Waals surface area contributed by atoms with E-state index in [4.69, 9.17) is 10.7 Å². The lowest BCUT2D eigenvalue weighted by molar-refractivity contribution is -0.504. The fourth-order valence-electron chi connectivity index (χ4n) is 4.38. The van der Waals surface area contributed by atoms with Gasteiger partial charge < -0.3 is 0 Å². The molecule has 0 amide bonds. The fourth-order valence-corrected chi connectivity index (χ4v) is 5.08. The van der Waals surface area contributed by atoms with Crippen LogP contribution in [0.25, 0.3) is 0 Å². The van der Waals surface area contributed by atoms with Crippen LogP contribution < -0.4 is 11.2 Å². The Hall–Kier alpha value is -2.39. The minimum atomic E-state index is -4.38. The van der Waals surface area contributed by atoms with Gasteiger partial charge in [-0.25, -0.2) is 4.58 Å². The van der Waals surface area contributed by atoms with Crippen LogP contribution in [0.2, 0.25) is 0 Å². The second-order valence-corrected chi connectivity index (χ2v) is 8.95. The molecule has 0 fully saturated rings. The molecule has 3 N–H and O–H groups in total. The highest BCUT2D eigenvalue weighted by molar-refractivity contribution is 9.10. The van der Waals surface area contributed by atoms with Crippen molar-refractivity contribution in [3.05, 3.63) is 63.1 Å². The highest BCUT2D eigenvalue weighted by Crippen LogP contribution is 2.39. The fraction of sp³-hybridized carbons (Fsp3) is 0.391. The van der Waals surface area contributed by atoms with Crippen molar-refractivity contribution in [3.63, 3.8) is 0 Å². The number of alkyl halides is 3. The molecule has 170 valence electrons. The first-order valence-corrected chi connectivity index (χ1v) is 11.5. The van der Waals surface area contributed by atoms with Crippen molar-refractivity contribution in [1.29, 1.82) is 0 Å². The molecule has 9 heteroatoms. The van der Waals surface area contributed by atoms with Gasteiger partial charge in [-0.05, 0) is 65.5 Å². The Labute approximate surface area is 193 Å². The zero-order valence-corrected chi connectivity index (χ0v) is 19.8. The lowest BCUT2D eigenvalue weighted by atomic mass is 9.96. The maximum Gasteiger partial charge on any atom is 0.416 e. The van der Waals surface area contributed by atoms with Crippen LogP contribution in [-0.2, 0) is 12.6 Å². The molecule has 0 saturated heterocycles. The number of nitrogens with one attached hydrogen (secondary N) is 1. The molecular weight excluding hydrogens is 483 g/mol. The standard InChI is InChI=1S/C23H25BrF3N5/c1-4-10-31-21-13(3)29-19(15-6-8-16(9-7-15)23(25,26)27)17-11-14(5-2)12-18(24)20(17)32(21)22(28)30-31/h6-9,11-13,21H,4-5,10H2,1-3H3,(H2,28,30)/p+1. The Bertz CT molecular complexity index is 1090. The van der Waals surface area contributed by atoms with Gasteiger partial charge in [0.2, 0.25) is 0 Å². The largest absolute Gasteiger partial charge is 0.416 e. The molecule has 32 heavy (non-hydrogen) atoms. The monoisotopic (exact) mass is 508 g/mol. The van der Waals surface area contributed by atoms with Gasteiger partial charge in [-0.15, -0.1) is 5.01 Å². The van der Waals surface area contributed by atoms with E-state index in [2.05, 4.69) is 52.3 Å². The second-order valence-electron chi connectivity index (χ2n) is 8.09. The highest BCUT2D eigenvalue weighted by atomic mass is 79.9. The number of halogens is 4. The molecule has 0 radical (unpaired) electrons. The van der Waals surface area contributed by atoms with Crippen molar-refractivity contribution < 1.29 is 17.7 Å². The molecule has 4 rings (SSSR count). The second kappa shape index (κ2) is 8.51. The Balaban J connectivity index is 1.94. The first-order chi connectivity index (χ1) is 15.2. The molecule has 2 aliphatic rings. The summed E-state index contributed by atoms with van der Waals surface area (Å²) in [4.78, 5) is 5.03. The molecule has 0 bridgehead atoms. The molecule has 0 spiro atoms. The van der Waals surface area contributed by atoms with Crippen molar-refractivity contribution in [2.45, 2.75) is 52.0 Å². The molecule has 2 atom stereocenters. The smallest absolute Gasteiger partial charge is 0.289 e. The molecule has 5 nitrogen and oxygen atoms in total. The first-order valence-electron chi connectivity index (χ1n) is 10.7. The van der Waals surface area contributed by atoms with Gasteiger partial charge in [0.15, 0.2) is 6.17 Å². The number of benzene rings is 2. The van der Waals surface area contributed by atoms with Gasteiger partial charge in [0.1, 0.15) is 5.69 Å². The average Bonchev–Trinajstić information content (AvgIpc) is 2.98. The predicted molar refractivity (Wildman–Crippen MR) is 123 cm³/mol. The van der Waals surface area contributed by atoms with Crippen LogP contribution in [-0.4, -0.2) is 40.0 Å². The van der Waals surface area contributed by atoms with Gasteiger partial charge in [-0.1, -0.05) is 26.0 Å². The van der Waals surface area contributed by atoms with Crippen LogP contribution in [0.3, 0.4) is 0 Å². The molecule has 2 aromatic rings. The summed E-state index contributed by atoms with van der Waals surface area (Å²) in [5, 5.41) is 2.07. The molecule has 0 aliphatic carbocycles. The molecule has 0 aromatic heterocycles.